The largest absolute Gasteiger partial charge is 0.496 e. The fraction of sp³-hybridized carbons (Fsp3) is 0.0588. The first kappa shape index (κ1) is 15.4. The van der Waals surface area contributed by atoms with Gasteiger partial charge in [0.1, 0.15) is 5.75 Å². The molecular formula is C17H12N2O5. The smallest absolute Gasteiger partial charge is 0.363 e. The Hall–Kier alpha value is -3.48. The first-order chi connectivity index (χ1) is 11.6. The second kappa shape index (κ2) is 6.33. The van der Waals surface area contributed by atoms with Crippen LogP contribution in [0, 0.1) is 10.1 Å². The third-order valence-electron chi connectivity index (χ3n) is 3.38. The number of cyclic esters (lactones) is 1. The van der Waals surface area contributed by atoms with Crippen LogP contribution in [0.2, 0.25) is 0 Å². The van der Waals surface area contributed by atoms with Crippen molar-refractivity contribution >= 4 is 23.6 Å². The van der Waals surface area contributed by atoms with Crippen molar-refractivity contribution in [1.82, 2.24) is 0 Å². The zero-order chi connectivity index (χ0) is 17.1. The number of esters is 1. The maximum Gasteiger partial charge on any atom is 0.363 e. The highest BCUT2D eigenvalue weighted by atomic mass is 16.6. The van der Waals surface area contributed by atoms with Gasteiger partial charge in [-0.25, -0.2) is 9.79 Å². The van der Waals surface area contributed by atoms with Crippen molar-refractivity contribution in [3.63, 3.8) is 0 Å². The van der Waals surface area contributed by atoms with Crippen LogP contribution >= 0.6 is 0 Å². The van der Waals surface area contributed by atoms with E-state index in [1.54, 1.807) is 18.2 Å². The molecule has 0 bridgehead atoms. The summed E-state index contributed by atoms with van der Waals surface area (Å²) in [5.74, 6) is 0.127. The summed E-state index contributed by atoms with van der Waals surface area (Å²) in [5.41, 5.74) is 1.26. The summed E-state index contributed by atoms with van der Waals surface area (Å²) in [5, 5.41) is 10.7. The minimum atomic E-state index is -0.589. The molecule has 7 heteroatoms. The zero-order valence-corrected chi connectivity index (χ0v) is 12.6. The number of non-ortho nitro benzene ring substituents is 1. The number of hydrogen-bond acceptors (Lipinski definition) is 6. The van der Waals surface area contributed by atoms with Gasteiger partial charge in [-0.1, -0.05) is 18.2 Å². The molecule has 2 aromatic carbocycles. The number of carbonyl (C=O) groups excluding carboxylic acids is 1. The van der Waals surface area contributed by atoms with E-state index in [0.29, 0.717) is 16.9 Å². The Morgan fingerprint density at radius 2 is 1.88 bits per heavy atom. The summed E-state index contributed by atoms with van der Waals surface area (Å²) < 4.78 is 10.4. The molecule has 0 saturated carbocycles. The molecule has 0 aliphatic carbocycles. The molecule has 1 aliphatic heterocycles. The van der Waals surface area contributed by atoms with Gasteiger partial charge >= 0.3 is 5.97 Å². The van der Waals surface area contributed by atoms with Crippen LogP contribution in [0.1, 0.15) is 11.1 Å². The quantitative estimate of drug-likeness (QED) is 0.373. The van der Waals surface area contributed by atoms with Crippen LogP contribution in [0.3, 0.4) is 0 Å². The number of nitro benzene ring substituents is 1. The highest BCUT2D eigenvalue weighted by molar-refractivity contribution is 6.13. The first-order valence-electron chi connectivity index (χ1n) is 6.99. The van der Waals surface area contributed by atoms with Crippen LogP contribution in [0.25, 0.3) is 6.08 Å². The van der Waals surface area contributed by atoms with Gasteiger partial charge in [0.05, 0.1) is 12.0 Å². The predicted octanol–water partition coefficient (Wildman–Crippen LogP) is 2.95. The van der Waals surface area contributed by atoms with Crippen LogP contribution in [0.5, 0.6) is 5.75 Å². The summed E-state index contributed by atoms with van der Waals surface area (Å²) in [7, 11) is 1.54. The number of hydrogen-bond donors (Lipinski definition) is 0. The maximum absolute atomic E-state index is 12.0. The minimum absolute atomic E-state index is 0.0477. The number of nitrogens with zero attached hydrogens (tertiary/aromatic N) is 2. The zero-order valence-electron chi connectivity index (χ0n) is 12.6. The third kappa shape index (κ3) is 3.00. The van der Waals surface area contributed by atoms with E-state index in [2.05, 4.69) is 4.99 Å². The maximum atomic E-state index is 12.0. The monoisotopic (exact) mass is 324 g/mol. The summed E-state index contributed by atoms with van der Waals surface area (Å²) in [6, 6.07) is 12.8. The number of para-hydroxylation sites is 1. The van der Waals surface area contributed by atoms with Gasteiger partial charge in [0.2, 0.25) is 5.90 Å². The number of aliphatic imine (C=N–C) groups is 1. The molecule has 3 rings (SSSR count). The van der Waals surface area contributed by atoms with Gasteiger partial charge < -0.3 is 9.47 Å². The Balaban J connectivity index is 1.92. The fourth-order valence-corrected chi connectivity index (χ4v) is 2.19. The minimum Gasteiger partial charge on any atom is -0.496 e. The molecule has 0 fully saturated rings. The average Bonchev–Trinajstić information content (AvgIpc) is 2.96. The van der Waals surface area contributed by atoms with E-state index in [0.717, 1.165) is 0 Å². The van der Waals surface area contributed by atoms with E-state index < -0.39 is 10.9 Å². The van der Waals surface area contributed by atoms with Crippen LogP contribution in [0.4, 0.5) is 5.69 Å². The fourth-order valence-electron chi connectivity index (χ4n) is 2.19. The Bertz CT molecular complexity index is 869. The van der Waals surface area contributed by atoms with Crippen LogP contribution in [-0.4, -0.2) is 23.9 Å². The van der Waals surface area contributed by atoms with Crippen molar-refractivity contribution in [2.24, 2.45) is 4.99 Å². The van der Waals surface area contributed by atoms with Crippen molar-refractivity contribution in [3.8, 4) is 5.75 Å². The molecule has 120 valence electrons. The Labute approximate surface area is 137 Å². The average molecular weight is 324 g/mol. The van der Waals surface area contributed by atoms with Crippen molar-refractivity contribution in [1.29, 1.82) is 0 Å². The summed E-state index contributed by atoms with van der Waals surface area (Å²) in [6.07, 6.45) is 1.57. The van der Waals surface area contributed by atoms with E-state index in [1.807, 2.05) is 12.1 Å². The molecule has 0 saturated heterocycles. The Morgan fingerprint density at radius 3 is 2.54 bits per heavy atom. The molecule has 1 aliphatic rings. The van der Waals surface area contributed by atoms with Crippen molar-refractivity contribution in [2.45, 2.75) is 0 Å². The van der Waals surface area contributed by atoms with Crippen LogP contribution < -0.4 is 4.74 Å². The molecule has 0 radical (unpaired) electrons. The third-order valence-corrected chi connectivity index (χ3v) is 3.38. The van der Waals surface area contributed by atoms with Gasteiger partial charge in [-0.15, -0.1) is 0 Å². The number of rotatable bonds is 4. The summed E-state index contributed by atoms with van der Waals surface area (Å²) >= 11 is 0. The Morgan fingerprint density at radius 1 is 1.17 bits per heavy atom. The molecule has 7 nitrogen and oxygen atoms in total. The molecule has 0 N–H and O–H groups in total. The van der Waals surface area contributed by atoms with Gasteiger partial charge in [-0.2, -0.15) is 0 Å². The second-order valence-electron chi connectivity index (χ2n) is 4.88. The molecule has 2 aromatic rings. The highest BCUT2D eigenvalue weighted by Gasteiger charge is 2.24. The molecule has 0 amide bonds. The van der Waals surface area contributed by atoms with E-state index in [-0.39, 0.29) is 17.3 Å². The van der Waals surface area contributed by atoms with E-state index in [4.69, 9.17) is 9.47 Å². The SMILES string of the molecule is COc1ccccc1C=C1N=C(c2ccc([N+](=O)[O-])cc2)OC1=O. The van der Waals surface area contributed by atoms with E-state index in [9.17, 15) is 14.9 Å². The molecule has 1 heterocycles. The molecule has 0 unspecified atom stereocenters. The second-order valence-corrected chi connectivity index (χ2v) is 4.88. The molecule has 0 aromatic heterocycles. The standard InChI is InChI=1S/C17H12N2O5/c1-23-15-5-3-2-4-12(15)10-14-17(20)24-16(18-14)11-6-8-13(9-7-11)19(21)22/h2-10H,1H3. The lowest BCUT2D eigenvalue weighted by molar-refractivity contribution is -0.384. The van der Waals surface area contributed by atoms with Gasteiger partial charge in [-0.05, 0) is 24.3 Å². The van der Waals surface area contributed by atoms with E-state index >= 15 is 0 Å². The molecule has 0 spiro atoms. The van der Waals surface area contributed by atoms with Gasteiger partial charge in [0.25, 0.3) is 5.69 Å². The Kier molecular flexibility index (Phi) is 4.07. The number of methoxy groups -OCH3 is 1. The number of benzene rings is 2. The van der Waals surface area contributed by atoms with Crippen molar-refractivity contribution in [3.05, 3.63) is 75.5 Å². The van der Waals surface area contributed by atoms with Crippen molar-refractivity contribution in [2.75, 3.05) is 7.11 Å². The lowest BCUT2D eigenvalue weighted by Gasteiger charge is -2.03. The summed E-state index contributed by atoms with van der Waals surface area (Å²) in [4.78, 5) is 26.3. The van der Waals surface area contributed by atoms with Crippen LogP contribution in [-0.2, 0) is 9.53 Å². The lowest BCUT2D eigenvalue weighted by atomic mass is 10.1. The molecule has 24 heavy (non-hydrogen) atoms. The van der Waals surface area contributed by atoms with Crippen molar-refractivity contribution < 1.29 is 19.2 Å². The topological polar surface area (TPSA) is 91.0 Å². The summed E-state index contributed by atoms with van der Waals surface area (Å²) in [6.45, 7) is 0. The first-order valence-corrected chi connectivity index (χ1v) is 6.99. The molecular weight excluding hydrogens is 312 g/mol. The predicted molar refractivity (Wildman–Crippen MR) is 86.7 cm³/mol. The normalized spacial score (nSPS) is 15.1. The lowest BCUT2D eigenvalue weighted by Crippen LogP contribution is -2.05. The van der Waals surface area contributed by atoms with Gasteiger partial charge in [-0.3, -0.25) is 10.1 Å². The highest BCUT2D eigenvalue weighted by Crippen LogP contribution is 2.24. The molecule has 0 atom stereocenters. The van der Waals surface area contributed by atoms with Gasteiger partial charge in [0, 0.05) is 23.3 Å². The number of nitro groups is 1. The van der Waals surface area contributed by atoms with Crippen LogP contribution in [0.15, 0.2) is 59.2 Å². The number of carbonyl (C=O) groups is 1. The number of ether oxygens (including phenoxy) is 2. The van der Waals surface area contributed by atoms with Gasteiger partial charge in [0.15, 0.2) is 5.70 Å². The van der Waals surface area contributed by atoms with E-state index in [1.165, 1.54) is 31.4 Å².